The summed E-state index contributed by atoms with van der Waals surface area (Å²) in [6.07, 6.45) is 1.54. The third-order valence-electron chi connectivity index (χ3n) is 4.45. The van der Waals surface area contributed by atoms with Crippen LogP contribution in [0.1, 0.15) is 11.6 Å². The number of anilines is 1. The summed E-state index contributed by atoms with van der Waals surface area (Å²) in [7, 11) is 0. The van der Waals surface area contributed by atoms with Gasteiger partial charge in [0.25, 0.3) is 0 Å². The van der Waals surface area contributed by atoms with Crippen LogP contribution in [0.4, 0.5) is 10.1 Å². The molecule has 0 fully saturated rings. The van der Waals surface area contributed by atoms with E-state index in [-0.39, 0.29) is 11.7 Å². The van der Waals surface area contributed by atoms with E-state index in [2.05, 4.69) is 15.5 Å². The fraction of sp³-hybridized carbons (Fsp3) is 0.0952. The second-order valence-electron chi connectivity index (χ2n) is 6.68. The van der Waals surface area contributed by atoms with Gasteiger partial charge < -0.3 is 9.73 Å². The average molecular weight is 511 g/mol. The normalized spacial score (nSPS) is 11.4. The maximum absolute atomic E-state index is 13.3. The molecule has 4 rings (SSSR count). The molecule has 11 heteroatoms. The minimum Gasteiger partial charge on any atom is -0.455 e. The summed E-state index contributed by atoms with van der Waals surface area (Å²) in [4.78, 5) is 0. The van der Waals surface area contributed by atoms with Crippen molar-refractivity contribution in [3.8, 4) is 11.3 Å². The largest absolute Gasteiger partial charge is 0.455 e. The van der Waals surface area contributed by atoms with Gasteiger partial charge in [-0.1, -0.05) is 34.8 Å². The van der Waals surface area contributed by atoms with E-state index in [0.29, 0.717) is 37.8 Å². The maximum atomic E-state index is 13.3. The molecule has 0 saturated carbocycles. The molecule has 0 aliphatic rings. The van der Waals surface area contributed by atoms with Gasteiger partial charge in [0.2, 0.25) is 4.77 Å². The molecular weight excluding hydrogens is 496 g/mol. The van der Waals surface area contributed by atoms with Crippen molar-refractivity contribution in [1.29, 1.82) is 0 Å². The van der Waals surface area contributed by atoms with Crippen molar-refractivity contribution in [2.75, 3.05) is 5.32 Å². The number of nitrogens with one attached hydrogen (secondary N) is 1. The topological polar surface area (TPSA) is 60.3 Å². The molecule has 0 amide bonds. The lowest BCUT2D eigenvalue weighted by molar-refractivity contribution is 0.574. The van der Waals surface area contributed by atoms with E-state index >= 15 is 0 Å². The van der Waals surface area contributed by atoms with Gasteiger partial charge in [-0.3, -0.25) is 0 Å². The summed E-state index contributed by atoms with van der Waals surface area (Å²) in [5.74, 6) is 1.20. The average Bonchev–Trinajstić information content (AvgIpc) is 3.32. The predicted molar refractivity (Wildman–Crippen MR) is 128 cm³/mol. The van der Waals surface area contributed by atoms with Gasteiger partial charge in [-0.15, -0.1) is 0 Å². The molecule has 0 spiro atoms. The SMILES string of the molecule is Cc1nn(CNc2ccc(F)c(Cl)c2)c(=S)n1N=Cc1ccc(-c2ccc(Cl)cc2Cl)o1. The Balaban J connectivity index is 1.50. The zero-order chi connectivity index (χ0) is 22.8. The summed E-state index contributed by atoms with van der Waals surface area (Å²) in [5, 5.41) is 12.9. The molecule has 164 valence electrons. The Hall–Kier alpha value is -2.65. The van der Waals surface area contributed by atoms with Crippen molar-refractivity contribution in [3.05, 3.63) is 85.8 Å². The first-order chi connectivity index (χ1) is 15.3. The standard InChI is InChI=1S/C21H15Cl3FN5OS/c1-12-28-29(11-26-14-3-6-19(25)18(24)9-14)21(32)30(12)27-10-15-4-7-20(31-15)16-5-2-13(22)8-17(16)23/h2-10,26H,11H2,1H3. The molecule has 0 atom stereocenters. The number of hydrogen-bond acceptors (Lipinski definition) is 5. The zero-order valence-corrected chi connectivity index (χ0v) is 19.6. The Morgan fingerprint density at radius 1 is 1.12 bits per heavy atom. The summed E-state index contributed by atoms with van der Waals surface area (Å²) in [6, 6.07) is 13.1. The van der Waals surface area contributed by atoms with Crippen LogP contribution in [-0.2, 0) is 6.67 Å². The van der Waals surface area contributed by atoms with Crippen molar-refractivity contribution in [2.24, 2.45) is 5.10 Å². The molecule has 0 unspecified atom stereocenters. The first-order valence-electron chi connectivity index (χ1n) is 9.27. The summed E-state index contributed by atoms with van der Waals surface area (Å²) >= 11 is 23.5. The highest BCUT2D eigenvalue weighted by Crippen LogP contribution is 2.31. The van der Waals surface area contributed by atoms with Gasteiger partial charge in [0, 0.05) is 16.3 Å². The van der Waals surface area contributed by atoms with Crippen molar-refractivity contribution in [1.82, 2.24) is 14.5 Å². The number of furan rings is 1. The van der Waals surface area contributed by atoms with Crippen molar-refractivity contribution in [2.45, 2.75) is 13.6 Å². The van der Waals surface area contributed by atoms with Gasteiger partial charge >= 0.3 is 0 Å². The number of hydrogen-bond donors (Lipinski definition) is 1. The van der Waals surface area contributed by atoms with E-state index in [0.717, 1.165) is 5.56 Å². The van der Waals surface area contributed by atoms with Crippen molar-refractivity contribution in [3.63, 3.8) is 0 Å². The van der Waals surface area contributed by atoms with E-state index < -0.39 is 5.82 Å². The molecular formula is C21H15Cl3FN5OS. The molecule has 0 radical (unpaired) electrons. The Morgan fingerprint density at radius 3 is 2.69 bits per heavy atom. The first kappa shape index (κ1) is 22.5. The van der Waals surface area contributed by atoms with Crippen molar-refractivity contribution >= 4 is 58.9 Å². The van der Waals surface area contributed by atoms with Crippen LogP contribution in [0.2, 0.25) is 15.1 Å². The summed E-state index contributed by atoms with van der Waals surface area (Å²) < 4.78 is 22.6. The van der Waals surface area contributed by atoms with E-state index in [4.69, 9.17) is 51.4 Å². The number of benzene rings is 2. The van der Waals surface area contributed by atoms with E-state index in [1.54, 1.807) is 48.0 Å². The van der Waals surface area contributed by atoms with Crippen LogP contribution in [0.3, 0.4) is 0 Å². The molecule has 0 aliphatic carbocycles. The summed E-state index contributed by atoms with van der Waals surface area (Å²) in [5.41, 5.74) is 1.36. The van der Waals surface area contributed by atoms with Crippen LogP contribution in [0.15, 0.2) is 58.0 Å². The van der Waals surface area contributed by atoms with Crippen molar-refractivity contribution < 1.29 is 8.81 Å². The molecule has 32 heavy (non-hydrogen) atoms. The monoisotopic (exact) mass is 509 g/mol. The highest BCUT2D eigenvalue weighted by molar-refractivity contribution is 7.71. The highest BCUT2D eigenvalue weighted by Gasteiger charge is 2.10. The second-order valence-corrected chi connectivity index (χ2v) is 8.29. The Labute approximate surface area is 202 Å². The third kappa shape index (κ3) is 4.88. The summed E-state index contributed by atoms with van der Waals surface area (Å²) in [6.45, 7) is 2.03. The van der Waals surface area contributed by atoms with Crippen LogP contribution in [0.5, 0.6) is 0 Å². The van der Waals surface area contributed by atoms with Crippen LogP contribution >= 0.6 is 47.0 Å². The smallest absolute Gasteiger partial charge is 0.220 e. The van der Waals surface area contributed by atoms with Crippen LogP contribution in [0.25, 0.3) is 11.3 Å². The number of rotatable bonds is 6. The Morgan fingerprint density at radius 2 is 1.94 bits per heavy atom. The second kappa shape index (κ2) is 9.46. The van der Waals surface area contributed by atoms with Crippen LogP contribution < -0.4 is 5.32 Å². The minimum atomic E-state index is -0.484. The van der Waals surface area contributed by atoms with Gasteiger partial charge in [-0.2, -0.15) is 14.9 Å². The molecule has 4 aromatic rings. The lowest BCUT2D eigenvalue weighted by Crippen LogP contribution is -2.10. The molecule has 2 aromatic heterocycles. The molecule has 1 N–H and O–H groups in total. The molecule has 2 heterocycles. The van der Waals surface area contributed by atoms with Gasteiger partial charge in [-0.05, 0) is 67.7 Å². The molecule has 0 bridgehead atoms. The van der Waals surface area contributed by atoms with Gasteiger partial charge in [0.05, 0.1) is 16.3 Å². The highest BCUT2D eigenvalue weighted by atomic mass is 35.5. The number of halogens is 4. The van der Waals surface area contributed by atoms with Crippen LogP contribution in [0, 0.1) is 17.5 Å². The molecule has 6 nitrogen and oxygen atoms in total. The molecule has 0 aliphatic heterocycles. The first-order valence-corrected chi connectivity index (χ1v) is 10.8. The minimum absolute atomic E-state index is 0.0302. The van der Waals surface area contributed by atoms with E-state index in [1.165, 1.54) is 23.0 Å². The lowest BCUT2D eigenvalue weighted by atomic mass is 10.2. The Kier molecular flexibility index (Phi) is 6.66. The number of aryl methyl sites for hydroxylation is 1. The Bertz CT molecular complexity index is 1380. The van der Waals surface area contributed by atoms with Gasteiger partial charge in [-0.25, -0.2) is 9.07 Å². The quantitative estimate of drug-likeness (QED) is 0.223. The molecule has 2 aromatic carbocycles. The zero-order valence-electron chi connectivity index (χ0n) is 16.5. The number of nitrogens with zero attached hydrogens (tertiary/aromatic N) is 4. The van der Waals surface area contributed by atoms with Gasteiger partial charge in [0.15, 0.2) is 5.82 Å². The van der Waals surface area contributed by atoms with E-state index in [1.807, 2.05) is 0 Å². The van der Waals surface area contributed by atoms with E-state index in [9.17, 15) is 4.39 Å². The van der Waals surface area contributed by atoms with Gasteiger partial charge in [0.1, 0.15) is 24.0 Å². The fourth-order valence-electron chi connectivity index (χ4n) is 2.89. The fourth-order valence-corrected chi connectivity index (χ4v) is 3.85. The molecule has 0 saturated heterocycles. The maximum Gasteiger partial charge on any atom is 0.220 e. The third-order valence-corrected chi connectivity index (χ3v) is 5.67. The predicted octanol–water partition coefficient (Wildman–Crippen LogP) is 7.03. The number of aromatic nitrogens is 3. The lowest BCUT2D eigenvalue weighted by Gasteiger charge is -2.06. The van der Waals surface area contributed by atoms with Crippen LogP contribution in [-0.4, -0.2) is 20.7 Å².